The highest BCUT2D eigenvalue weighted by atomic mass is 24.3. The third kappa shape index (κ3) is 8.87. The Morgan fingerprint density at radius 1 is 1.67 bits per heavy atom. The molecule has 0 heterocycles. The zero-order valence-electron chi connectivity index (χ0n) is 3.32. The third-order valence-electron chi connectivity index (χ3n) is 0.287. The molecule has 0 unspecified atom stereocenters. The fourth-order valence-corrected chi connectivity index (χ4v) is 0. The molecule has 0 amide bonds. The summed E-state index contributed by atoms with van der Waals surface area (Å²) in [6.45, 7) is 1.36. The van der Waals surface area contributed by atoms with Crippen molar-refractivity contribution in [3.8, 4) is 0 Å². The largest absolute Gasteiger partial charge is 0.469 e. The topological polar surface area (TPSA) is 26.3 Å². The van der Waals surface area contributed by atoms with Crippen LogP contribution in [0.4, 0.5) is 0 Å². The minimum Gasteiger partial charge on any atom is -0.469 e. The molecule has 0 bridgehead atoms. The van der Waals surface area contributed by atoms with Gasteiger partial charge < -0.3 is 4.74 Å². The van der Waals surface area contributed by atoms with E-state index in [2.05, 4.69) is 4.74 Å². The van der Waals surface area contributed by atoms with Gasteiger partial charge in [0.05, 0.1) is 7.11 Å². The van der Waals surface area contributed by atoms with Crippen LogP contribution in [0.25, 0.3) is 0 Å². The van der Waals surface area contributed by atoms with Crippen molar-refractivity contribution in [3.63, 3.8) is 0 Å². The molecule has 0 rings (SSSR count). The molecule has 0 aliphatic heterocycles. The summed E-state index contributed by atoms with van der Waals surface area (Å²) in [5, 5.41) is 0. The van der Waals surface area contributed by atoms with Gasteiger partial charge in [-0.1, -0.05) is 0 Å². The first-order valence-corrected chi connectivity index (χ1v) is 1.32. The van der Waals surface area contributed by atoms with Gasteiger partial charge >= 0.3 is 29.0 Å². The molecule has 0 fully saturated rings. The maximum atomic E-state index is 9.59. The van der Waals surface area contributed by atoms with Crippen molar-refractivity contribution in [1.82, 2.24) is 0 Å². The van der Waals surface area contributed by atoms with E-state index in [0.29, 0.717) is 0 Å². The van der Waals surface area contributed by atoms with Crippen LogP contribution in [0.2, 0.25) is 0 Å². The molecule has 0 N–H and O–H groups in total. The van der Waals surface area contributed by atoms with Crippen molar-refractivity contribution in [2.24, 2.45) is 0 Å². The molecule has 0 spiro atoms. The number of carbonyl (C=O) groups is 1. The maximum absolute atomic E-state index is 9.59. The first-order chi connectivity index (χ1) is 2.27. The van der Waals surface area contributed by atoms with E-state index in [4.69, 9.17) is 0 Å². The van der Waals surface area contributed by atoms with Gasteiger partial charge in [0.15, 0.2) is 0 Å². The lowest BCUT2D eigenvalue weighted by molar-refractivity contribution is -0.137. The fraction of sp³-hybridized carbons (Fsp3) is 0.667. The molecule has 0 aromatic rings. The smallest absolute Gasteiger partial charge is 0.316 e. The van der Waals surface area contributed by atoms with E-state index in [1.54, 1.807) is 0 Å². The normalized spacial score (nSPS) is 5.67. The second-order valence-corrected chi connectivity index (χ2v) is 0.696. The Balaban J connectivity index is 0. The summed E-state index contributed by atoms with van der Waals surface area (Å²) in [4.78, 5) is 9.59. The molecule has 0 saturated heterocycles. The Kier molecular flexibility index (Phi) is 8.32. The van der Waals surface area contributed by atoms with Gasteiger partial charge in [-0.2, -0.15) is 0 Å². The highest BCUT2D eigenvalue weighted by Crippen LogP contribution is 1.60. The van der Waals surface area contributed by atoms with Gasteiger partial charge in [-0.15, -0.1) is 0 Å². The van der Waals surface area contributed by atoms with Crippen LogP contribution in [0.3, 0.4) is 0 Å². The van der Waals surface area contributed by atoms with Crippen LogP contribution in [-0.4, -0.2) is 36.1 Å². The second-order valence-electron chi connectivity index (χ2n) is 0.696. The quantitative estimate of drug-likeness (QED) is 0.296. The maximum Gasteiger partial charge on any atom is 0.316 e. The van der Waals surface area contributed by atoms with Crippen molar-refractivity contribution in [2.75, 3.05) is 7.11 Å². The van der Waals surface area contributed by atoms with E-state index >= 15 is 0 Å². The van der Waals surface area contributed by atoms with Crippen molar-refractivity contribution >= 4 is 29.0 Å². The zero-order chi connectivity index (χ0) is 4.28. The summed E-state index contributed by atoms with van der Waals surface area (Å²) in [6, 6.07) is 0. The van der Waals surface area contributed by atoms with E-state index in [1.807, 2.05) is 0 Å². The van der Waals surface area contributed by atoms with Gasteiger partial charge in [-0.25, -0.2) is 0 Å². The summed E-state index contributed by atoms with van der Waals surface area (Å²) in [5.74, 6) is -0.245. The number of rotatable bonds is 0. The standard InChI is InChI=1S/C3H6O2.Mg.2H/c1-3(4)5-2;;;/h1-2H3;;;. The SMILES string of the molecule is COC(C)=O.[MgH2]. The molecule has 0 aromatic heterocycles. The van der Waals surface area contributed by atoms with Crippen molar-refractivity contribution < 1.29 is 9.53 Å². The molecule has 0 aliphatic carbocycles. The Bertz CT molecular complexity index is 44.1. The van der Waals surface area contributed by atoms with E-state index in [1.165, 1.54) is 14.0 Å². The lowest BCUT2D eigenvalue weighted by Crippen LogP contribution is -1.88. The molecule has 2 nitrogen and oxygen atoms in total. The van der Waals surface area contributed by atoms with Crippen molar-refractivity contribution in [2.45, 2.75) is 6.92 Å². The summed E-state index contributed by atoms with van der Waals surface area (Å²) in [7, 11) is 1.35. The molecule has 3 heteroatoms. The fourth-order valence-electron chi connectivity index (χ4n) is 0. The van der Waals surface area contributed by atoms with Crippen LogP contribution in [-0.2, 0) is 9.53 Å². The number of hydrogen-bond donors (Lipinski definition) is 0. The van der Waals surface area contributed by atoms with Gasteiger partial charge in [0.2, 0.25) is 0 Å². The van der Waals surface area contributed by atoms with Crippen LogP contribution in [0.5, 0.6) is 0 Å². The average Bonchev–Trinajstić information content (AvgIpc) is 1.38. The molecule has 0 radical (unpaired) electrons. The summed E-state index contributed by atoms with van der Waals surface area (Å²) < 4.78 is 4.11. The second kappa shape index (κ2) is 5.24. The van der Waals surface area contributed by atoms with Gasteiger partial charge in [0.1, 0.15) is 0 Å². The van der Waals surface area contributed by atoms with E-state index in [0.717, 1.165) is 0 Å². The predicted molar refractivity (Wildman–Crippen MR) is 26.2 cm³/mol. The van der Waals surface area contributed by atoms with Crippen LogP contribution < -0.4 is 0 Å². The Labute approximate surface area is 53.0 Å². The monoisotopic (exact) mass is 100 g/mol. The summed E-state index contributed by atoms with van der Waals surface area (Å²) in [5.41, 5.74) is 0. The van der Waals surface area contributed by atoms with E-state index < -0.39 is 0 Å². The third-order valence-corrected chi connectivity index (χ3v) is 0.287. The first-order valence-electron chi connectivity index (χ1n) is 1.32. The number of hydrogen-bond acceptors (Lipinski definition) is 2. The Morgan fingerprint density at radius 2 is 1.83 bits per heavy atom. The highest BCUT2D eigenvalue weighted by Gasteiger charge is 1.75. The van der Waals surface area contributed by atoms with Crippen LogP contribution in [0, 0.1) is 0 Å². The minimum atomic E-state index is -0.245. The van der Waals surface area contributed by atoms with Gasteiger partial charge in [0.25, 0.3) is 0 Å². The summed E-state index contributed by atoms with van der Waals surface area (Å²) >= 11 is 0. The van der Waals surface area contributed by atoms with Gasteiger partial charge in [-0.3, -0.25) is 4.79 Å². The predicted octanol–water partition coefficient (Wildman–Crippen LogP) is -0.737. The molecule has 0 atom stereocenters. The van der Waals surface area contributed by atoms with Crippen molar-refractivity contribution in [1.29, 1.82) is 0 Å². The molecule has 0 aliphatic rings. The number of carbonyl (C=O) groups excluding carboxylic acids is 1. The lowest BCUT2D eigenvalue weighted by Gasteiger charge is -1.80. The molecule has 6 heavy (non-hydrogen) atoms. The Hall–Kier alpha value is 0.236. The number of ether oxygens (including phenoxy) is 1. The van der Waals surface area contributed by atoms with Crippen LogP contribution in [0.15, 0.2) is 0 Å². The average molecular weight is 100 g/mol. The molecule has 0 aromatic carbocycles. The lowest BCUT2D eigenvalue weighted by atomic mass is 10.8. The summed E-state index contributed by atoms with van der Waals surface area (Å²) in [6.07, 6.45) is 0. The number of esters is 1. The van der Waals surface area contributed by atoms with Crippen LogP contribution in [0.1, 0.15) is 6.92 Å². The highest BCUT2D eigenvalue weighted by molar-refractivity contribution is 5.75. The number of methoxy groups -OCH3 is 1. The first kappa shape index (κ1) is 9.53. The molecule has 34 valence electrons. The minimum absolute atomic E-state index is 0. The van der Waals surface area contributed by atoms with E-state index in [9.17, 15) is 4.79 Å². The van der Waals surface area contributed by atoms with E-state index in [-0.39, 0.29) is 29.0 Å². The zero-order valence-corrected chi connectivity index (χ0v) is 3.32. The molecule has 0 saturated carbocycles. The van der Waals surface area contributed by atoms with Crippen LogP contribution >= 0.6 is 0 Å². The Morgan fingerprint density at radius 3 is 1.83 bits per heavy atom. The van der Waals surface area contributed by atoms with Gasteiger partial charge in [-0.05, 0) is 0 Å². The van der Waals surface area contributed by atoms with Crippen molar-refractivity contribution in [3.05, 3.63) is 0 Å². The molecular weight excluding hydrogens is 92.3 g/mol. The van der Waals surface area contributed by atoms with Gasteiger partial charge in [0, 0.05) is 6.92 Å². The molecular formula is C3H8MgO2.